The molecule has 0 amide bonds. The fourth-order valence-corrected chi connectivity index (χ4v) is 1.32. The molecule has 0 saturated heterocycles. The zero-order valence-corrected chi connectivity index (χ0v) is 9.81. The SMILES string of the molecule is [CH2-]CCN(CCCC)CCCC.[Li+]. The third-order valence-electron chi connectivity index (χ3n) is 2.13. The Kier molecular flexibility index (Phi) is 15.5. The van der Waals surface area contributed by atoms with Crippen molar-refractivity contribution in [1.29, 1.82) is 0 Å². The second-order valence-electron chi connectivity index (χ2n) is 3.40. The fourth-order valence-electron chi connectivity index (χ4n) is 1.32. The van der Waals surface area contributed by atoms with Gasteiger partial charge in [0, 0.05) is 0 Å². The van der Waals surface area contributed by atoms with Crippen LogP contribution >= 0.6 is 0 Å². The van der Waals surface area contributed by atoms with Crippen LogP contribution in [0.4, 0.5) is 0 Å². The summed E-state index contributed by atoms with van der Waals surface area (Å²) in [6.45, 7) is 12.1. The number of nitrogens with zero attached hydrogens (tertiary/aromatic N) is 1. The first-order valence-electron chi connectivity index (χ1n) is 5.36. The summed E-state index contributed by atoms with van der Waals surface area (Å²) in [5.41, 5.74) is 0. The van der Waals surface area contributed by atoms with Gasteiger partial charge < -0.3 is 11.8 Å². The molecule has 0 aliphatic heterocycles. The van der Waals surface area contributed by atoms with Crippen LogP contribution in [0.1, 0.15) is 46.0 Å². The molecule has 2 heteroatoms. The van der Waals surface area contributed by atoms with Gasteiger partial charge in [0.2, 0.25) is 0 Å². The molecule has 74 valence electrons. The van der Waals surface area contributed by atoms with Gasteiger partial charge in [0.1, 0.15) is 0 Å². The van der Waals surface area contributed by atoms with Gasteiger partial charge in [-0.1, -0.05) is 26.7 Å². The summed E-state index contributed by atoms with van der Waals surface area (Å²) in [6.07, 6.45) is 6.33. The molecule has 0 aromatic heterocycles. The van der Waals surface area contributed by atoms with Crippen LogP contribution in [0.3, 0.4) is 0 Å². The minimum absolute atomic E-state index is 0. The van der Waals surface area contributed by atoms with Crippen LogP contribution in [0.5, 0.6) is 0 Å². The van der Waals surface area contributed by atoms with Gasteiger partial charge in [-0.2, -0.15) is 6.42 Å². The monoisotopic (exact) mass is 177 g/mol. The molecular formula is C11H24LiN. The zero-order chi connectivity index (χ0) is 9.23. The van der Waals surface area contributed by atoms with Gasteiger partial charge in [0.25, 0.3) is 0 Å². The van der Waals surface area contributed by atoms with E-state index in [1.807, 2.05) is 0 Å². The molecule has 0 aliphatic rings. The first kappa shape index (κ1) is 16.0. The standard InChI is InChI=1S/C11H24N.Li/c1-4-7-10-12(9-6-3)11-8-5-2;/h3-11H2,1-2H3;/q-1;+1. The normalized spacial score (nSPS) is 10.2. The van der Waals surface area contributed by atoms with E-state index in [2.05, 4.69) is 25.7 Å². The van der Waals surface area contributed by atoms with E-state index in [1.54, 1.807) is 0 Å². The van der Waals surface area contributed by atoms with Gasteiger partial charge in [-0.25, -0.2) is 0 Å². The van der Waals surface area contributed by atoms with E-state index in [1.165, 1.54) is 45.3 Å². The Morgan fingerprint density at radius 3 is 1.69 bits per heavy atom. The zero-order valence-electron chi connectivity index (χ0n) is 9.81. The van der Waals surface area contributed by atoms with Crippen LogP contribution in [0.25, 0.3) is 0 Å². The molecule has 0 N–H and O–H groups in total. The number of rotatable bonds is 8. The molecule has 0 spiro atoms. The minimum Gasteiger partial charge on any atom is -0.342 e. The average molecular weight is 177 g/mol. The Hall–Kier alpha value is 0.557. The van der Waals surface area contributed by atoms with Gasteiger partial charge in [0.15, 0.2) is 0 Å². The smallest absolute Gasteiger partial charge is 0.342 e. The predicted molar refractivity (Wildman–Crippen MR) is 56.2 cm³/mol. The van der Waals surface area contributed by atoms with Gasteiger partial charge in [0.05, 0.1) is 0 Å². The third-order valence-corrected chi connectivity index (χ3v) is 2.13. The van der Waals surface area contributed by atoms with Crippen molar-refractivity contribution in [1.82, 2.24) is 4.90 Å². The largest absolute Gasteiger partial charge is 1.00 e. The molecule has 13 heavy (non-hydrogen) atoms. The van der Waals surface area contributed by atoms with E-state index >= 15 is 0 Å². The van der Waals surface area contributed by atoms with Gasteiger partial charge in [-0.15, -0.1) is 0 Å². The summed E-state index contributed by atoms with van der Waals surface area (Å²) >= 11 is 0. The Morgan fingerprint density at radius 2 is 1.38 bits per heavy atom. The first-order chi connectivity index (χ1) is 5.85. The van der Waals surface area contributed by atoms with E-state index in [0.717, 1.165) is 6.42 Å². The number of unbranched alkanes of at least 4 members (excludes halogenated alkanes) is 2. The van der Waals surface area contributed by atoms with Crippen molar-refractivity contribution in [2.45, 2.75) is 46.0 Å². The summed E-state index contributed by atoms with van der Waals surface area (Å²) in [5.74, 6) is 0. The molecule has 0 radical (unpaired) electrons. The average Bonchev–Trinajstić information content (AvgIpc) is 2.10. The molecule has 0 unspecified atom stereocenters. The summed E-state index contributed by atoms with van der Waals surface area (Å²) in [6, 6.07) is 0. The molecule has 0 aromatic carbocycles. The maximum atomic E-state index is 3.90. The maximum absolute atomic E-state index is 3.90. The second-order valence-corrected chi connectivity index (χ2v) is 3.40. The van der Waals surface area contributed by atoms with E-state index in [-0.39, 0.29) is 18.9 Å². The molecule has 0 atom stereocenters. The predicted octanol–water partition coefficient (Wildman–Crippen LogP) is 0.117. The van der Waals surface area contributed by atoms with Crippen LogP contribution in [-0.2, 0) is 0 Å². The van der Waals surface area contributed by atoms with Crippen LogP contribution in [0.2, 0.25) is 0 Å². The molecule has 0 heterocycles. The van der Waals surface area contributed by atoms with Gasteiger partial charge in [-0.05, 0) is 32.5 Å². The van der Waals surface area contributed by atoms with Crippen LogP contribution in [0, 0.1) is 6.92 Å². The summed E-state index contributed by atoms with van der Waals surface area (Å²) < 4.78 is 0. The van der Waals surface area contributed by atoms with Crippen molar-refractivity contribution < 1.29 is 18.9 Å². The third kappa shape index (κ3) is 10.5. The van der Waals surface area contributed by atoms with Crippen molar-refractivity contribution in [2.75, 3.05) is 19.6 Å². The van der Waals surface area contributed by atoms with Crippen LogP contribution in [0.15, 0.2) is 0 Å². The van der Waals surface area contributed by atoms with Crippen molar-refractivity contribution in [3.63, 3.8) is 0 Å². The minimum atomic E-state index is 0. The molecule has 0 fully saturated rings. The molecule has 0 aromatic rings. The van der Waals surface area contributed by atoms with E-state index in [0.29, 0.717) is 0 Å². The summed E-state index contributed by atoms with van der Waals surface area (Å²) in [4.78, 5) is 2.54. The van der Waals surface area contributed by atoms with Crippen molar-refractivity contribution >= 4 is 0 Å². The Balaban J connectivity index is 0. The molecular weight excluding hydrogens is 153 g/mol. The quantitative estimate of drug-likeness (QED) is 0.376. The molecule has 0 bridgehead atoms. The molecule has 0 saturated carbocycles. The Bertz CT molecular complexity index is 78.2. The van der Waals surface area contributed by atoms with E-state index in [9.17, 15) is 0 Å². The van der Waals surface area contributed by atoms with Crippen molar-refractivity contribution in [3.05, 3.63) is 6.92 Å². The van der Waals surface area contributed by atoms with Crippen LogP contribution in [-0.4, -0.2) is 24.5 Å². The van der Waals surface area contributed by atoms with Gasteiger partial charge >= 0.3 is 18.9 Å². The summed E-state index contributed by atoms with van der Waals surface area (Å²) in [7, 11) is 0. The van der Waals surface area contributed by atoms with E-state index in [4.69, 9.17) is 0 Å². The molecule has 0 rings (SSSR count). The maximum Gasteiger partial charge on any atom is 1.00 e. The number of hydrogen-bond acceptors (Lipinski definition) is 1. The number of hydrogen-bond donors (Lipinski definition) is 0. The fraction of sp³-hybridized carbons (Fsp3) is 0.909. The second kappa shape index (κ2) is 12.6. The van der Waals surface area contributed by atoms with Crippen molar-refractivity contribution in [3.8, 4) is 0 Å². The summed E-state index contributed by atoms with van der Waals surface area (Å²) in [5, 5.41) is 0. The Labute approximate surface area is 96.4 Å². The van der Waals surface area contributed by atoms with Crippen LogP contribution < -0.4 is 18.9 Å². The van der Waals surface area contributed by atoms with Crippen molar-refractivity contribution in [2.24, 2.45) is 0 Å². The van der Waals surface area contributed by atoms with E-state index < -0.39 is 0 Å². The van der Waals surface area contributed by atoms with Gasteiger partial charge in [-0.3, -0.25) is 0 Å². The Morgan fingerprint density at radius 1 is 0.923 bits per heavy atom. The molecule has 0 aliphatic carbocycles. The molecule has 1 nitrogen and oxygen atoms in total. The topological polar surface area (TPSA) is 3.24 Å². The first-order valence-corrected chi connectivity index (χ1v) is 5.36.